The molecule has 4 heteroatoms. The van der Waals surface area contributed by atoms with Gasteiger partial charge in [-0.1, -0.05) is 121 Å². The molecule has 0 unspecified atom stereocenters. The fourth-order valence-corrected chi connectivity index (χ4v) is 6.14. The first kappa shape index (κ1) is 34.5. The molecule has 226 valence electrons. The molecule has 3 rings (SSSR count). The van der Waals surface area contributed by atoms with E-state index < -0.39 is 6.15 Å². The summed E-state index contributed by atoms with van der Waals surface area (Å²) in [6, 6.07) is 24.0. The van der Waals surface area contributed by atoms with Crippen molar-refractivity contribution in [2.75, 3.05) is 14.2 Å². The minimum Gasteiger partial charge on any atom is -0.497 e. The van der Waals surface area contributed by atoms with Gasteiger partial charge in [-0.15, -0.1) is 0 Å². The van der Waals surface area contributed by atoms with Crippen LogP contribution in [-0.2, 0) is 6.54 Å². The molecule has 1 heterocycles. The van der Waals surface area contributed by atoms with Gasteiger partial charge in [0.05, 0.1) is 20.4 Å². The molecule has 0 amide bonds. The summed E-state index contributed by atoms with van der Waals surface area (Å²) in [7, 11) is 3.51. The van der Waals surface area contributed by atoms with Crippen LogP contribution in [0.15, 0.2) is 79.1 Å². The lowest BCUT2D eigenvalue weighted by molar-refractivity contribution is -0.693. The van der Waals surface area contributed by atoms with Gasteiger partial charge in [0.2, 0.25) is 0 Å². The maximum atomic E-state index is 5.48. The monoisotopic (exact) mass is 559 g/mol. The van der Waals surface area contributed by atoms with Crippen LogP contribution < -0.4 is 25.0 Å². The van der Waals surface area contributed by atoms with E-state index in [9.17, 15) is 0 Å². The van der Waals surface area contributed by atoms with Crippen molar-refractivity contribution in [3.8, 4) is 11.5 Å². The van der Waals surface area contributed by atoms with Gasteiger partial charge in [0.1, 0.15) is 18.0 Å². The van der Waals surface area contributed by atoms with Crippen molar-refractivity contribution in [3.63, 3.8) is 0 Å². The number of aromatic nitrogens is 1. The van der Waals surface area contributed by atoms with Crippen molar-refractivity contribution in [2.24, 2.45) is 0 Å². The Labute approximate surface area is 252 Å². The molecule has 0 N–H and O–H groups in total. The molecule has 3 aromatic rings. The summed E-state index contributed by atoms with van der Waals surface area (Å²) in [6.07, 6.45) is 21.9. The number of ether oxygens (including phenoxy) is 2. The maximum Gasteiger partial charge on any atom is 0.168 e. The molecule has 2 aromatic carbocycles. The molecule has 0 aliphatic heterocycles. The van der Waals surface area contributed by atoms with E-state index >= 15 is 0 Å². The Bertz CT molecular complexity index is 956. The lowest BCUT2D eigenvalue weighted by Crippen LogP contribution is -2.58. The van der Waals surface area contributed by atoms with Crippen molar-refractivity contribution in [1.29, 1.82) is 0 Å². The number of pyridine rings is 1. The summed E-state index contributed by atoms with van der Waals surface area (Å²) < 4.78 is 13.1. The van der Waals surface area contributed by atoms with Gasteiger partial charge in [-0.05, 0) is 31.2 Å². The largest absolute Gasteiger partial charge is 0.497 e. The van der Waals surface area contributed by atoms with E-state index in [1.807, 2.05) is 18.2 Å². The first-order valence-electron chi connectivity index (χ1n) is 16.5. The van der Waals surface area contributed by atoms with Crippen molar-refractivity contribution in [1.82, 2.24) is 0 Å². The van der Waals surface area contributed by atoms with E-state index in [1.54, 1.807) is 14.2 Å². The summed E-state index contributed by atoms with van der Waals surface area (Å²) in [4.78, 5) is 0. The number of hydrogen-bond donors (Lipinski definition) is 0. The maximum absolute atomic E-state index is 5.48. The number of nitrogens with zero attached hydrogens (tertiary/aromatic N) is 1. The van der Waals surface area contributed by atoms with Gasteiger partial charge >= 0.3 is 0 Å². The third-order valence-electron chi connectivity index (χ3n) is 8.75. The molecule has 0 aliphatic carbocycles. The summed E-state index contributed by atoms with van der Waals surface area (Å²) in [5.41, 5.74) is 2.98. The second kappa shape index (κ2) is 21.0. The van der Waals surface area contributed by atoms with Crippen molar-refractivity contribution in [2.45, 2.75) is 117 Å². The zero-order valence-corrected chi connectivity index (χ0v) is 27.0. The van der Waals surface area contributed by atoms with Crippen LogP contribution in [0.4, 0.5) is 0 Å². The van der Waals surface area contributed by atoms with Crippen LogP contribution in [0.3, 0.4) is 0 Å². The number of aryl methyl sites for hydroxylation is 1. The molecule has 1 aromatic heterocycles. The number of methoxy groups -OCH3 is 2. The lowest BCUT2D eigenvalue weighted by atomic mass is 9.15. The molecular weight excluding hydrogens is 501 g/mol. The number of rotatable bonds is 19. The highest BCUT2D eigenvalue weighted by molar-refractivity contribution is 7.02. The Morgan fingerprint density at radius 3 is 1.24 bits per heavy atom. The molecule has 3 nitrogen and oxygen atoms in total. The molecule has 41 heavy (non-hydrogen) atoms. The Balaban J connectivity index is 0.000000629. The summed E-state index contributed by atoms with van der Waals surface area (Å²) >= 11 is 0. The highest BCUT2D eigenvalue weighted by Crippen LogP contribution is 2.26. The van der Waals surface area contributed by atoms with Crippen LogP contribution in [0.25, 0.3) is 0 Å². The first-order valence-corrected chi connectivity index (χ1v) is 16.5. The minimum absolute atomic E-state index is 0.813. The van der Waals surface area contributed by atoms with Gasteiger partial charge in [-0.3, -0.25) is 0 Å². The van der Waals surface area contributed by atoms with Gasteiger partial charge in [0.15, 0.2) is 12.4 Å². The van der Waals surface area contributed by atoms with Crippen molar-refractivity contribution < 1.29 is 14.0 Å². The van der Waals surface area contributed by atoms with Crippen LogP contribution >= 0.6 is 0 Å². The molecule has 0 radical (unpaired) electrons. The summed E-state index contributed by atoms with van der Waals surface area (Å²) in [5.74, 6) is 1.88. The quantitative estimate of drug-likeness (QED) is 0.0831. The van der Waals surface area contributed by atoms with Gasteiger partial charge in [0, 0.05) is 12.1 Å². The van der Waals surface area contributed by atoms with Crippen LogP contribution in [0.5, 0.6) is 11.5 Å². The highest BCUT2D eigenvalue weighted by Gasteiger charge is 2.27. The Kier molecular flexibility index (Phi) is 17.7. The Hall–Kier alpha value is -2.75. The van der Waals surface area contributed by atoms with Crippen molar-refractivity contribution >= 4 is 17.1 Å². The van der Waals surface area contributed by atoms with Crippen molar-refractivity contribution in [3.05, 3.63) is 79.1 Å². The minimum atomic E-state index is -0.813. The van der Waals surface area contributed by atoms with Gasteiger partial charge in [0.25, 0.3) is 0 Å². The topological polar surface area (TPSA) is 22.3 Å². The fourth-order valence-electron chi connectivity index (χ4n) is 6.14. The van der Waals surface area contributed by atoms with Crippen LogP contribution in [0.2, 0.25) is 12.6 Å². The summed E-state index contributed by atoms with van der Waals surface area (Å²) in [5, 5.41) is 0. The van der Waals surface area contributed by atoms with E-state index in [0.717, 1.165) is 18.0 Å². The van der Waals surface area contributed by atoms with E-state index in [4.69, 9.17) is 9.47 Å². The van der Waals surface area contributed by atoms with E-state index in [2.05, 4.69) is 86.3 Å². The molecule has 0 fully saturated rings. The van der Waals surface area contributed by atoms with Crippen LogP contribution in [0.1, 0.15) is 97.8 Å². The SMILES string of the molecule is CCCCCCCC[B-](CCCCCCCC)(c1ccc(OC)cc1)c1ccc(OC)cc1.CC[n+]1ccccc1. The predicted octanol–water partition coefficient (Wildman–Crippen LogP) is 8.98. The first-order chi connectivity index (χ1) is 20.1. The van der Waals surface area contributed by atoms with E-state index in [-0.39, 0.29) is 0 Å². The highest BCUT2D eigenvalue weighted by atomic mass is 16.5. The van der Waals surface area contributed by atoms with Gasteiger partial charge < -0.3 is 9.47 Å². The molecule has 0 atom stereocenters. The smallest absolute Gasteiger partial charge is 0.168 e. The average molecular weight is 560 g/mol. The normalized spacial score (nSPS) is 11.0. The van der Waals surface area contributed by atoms with E-state index in [1.165, 1.54) is 101 Å². The molecule has 0 saturated heterocycles. The third-order valence-corrected chi connectivity index (χ3v) is 8.75. The number of unbranched alkanes of at least 4 members (excludes halogenated alkanes) is 10. The molecular formula is C37H58BNO2. The molecule has 0 bridgehead atoms. The number of benzene rings is 2. The lowest BCUT2D eigenvalue weighted by Gasteiger charge is -2.42. The second-order valence-electron chi connectivity index (χ2n) is 11.6. The fraction of sp³-hybridized carbons (Fsp3) is 0.541. The predicted molar refractivity (Wildman–Crippen MR) is 180 cm³/mol. The zero-order valence-electron chi connectivity index (χ0n) is 27.0. The summed E-state index contributed by atoms with van der Waals surface area (Å²) in [6.45, 7) is 7.77. The Morgan fingerprint density at radius 1 is 0.512 bits per heavy atom. The number of hydrogen-bond acceptors (Lipinski definition) is 2. The zero-order chi connectivity index (χ0) is 29.6. The molecule has 0 spiro atoms. The van der Waals surface area contributed by atoms with Crippen LogP contribution in [-0.4, -0.2) is 20.4 Å². The van der Waals surface area contributed by atoms with Crippen LogP contribution in [0, 0.1) is 0 Å². The average Bonchev–Trinajstić information content (AvgIpc) is 3.04. The molecule has 0 saturated carbocycles. The third kappa shape index (κ3) is 12.3. The van der Waals surface area contributed by atoms with E-state index in [0.29, 0.717) is 0 Å². The van der Waals surface area contributed by atoms with Gasteiger partial charge in [-0.25, -0.2) is 15.5 Å². The Morgan fingerprint density at radius 2 is 0.902 bits per heavy atom. The second-order valence-corrected chi connectivity index (χ2v) is 11.6. The van der Waals surface area contributed by atoms with Gasteiger partial charge in [-0.2, -0.15) is 12.6 Å². The standard InChI is InChI=1S/C30H48BO2.C7H10N/c1-5-7-9-11-13-15-25-31(26-16-14-12-10-8-6-2,27-17-21-29(32-3)22-18-27)28-19-23-30(33-4)24-20-28;1-2-8-6-4-3-5-7-8/h17-24H,5-16,25-26H2,1-4H3;3-7H,2H2,1H3/q-1;+1. The molecule has 0 aliphatic rings.